The second-order valence-electron chi connectivity index (χ2n) is 7.82. The fraction of sp³-hybridized carbons (Fsp3) is 0.111. The molecule has 6 heteroatoms. The third kappa shape index (κ3) is 4.65. The number of hydrogen-bond donors (Lipinski definition) is 1. The fourth-order valence-electron chi connectivity index (χ4n) is 4.11. The molecule has 1 N–H and O–H groups in total. The second kappa shape index (κ2) is 9.77. The van der Waals surface area contributed by atoms with Crippen molar-refractivity contribution < 1.29 is 0 Å². The molecule has 5 aromatic rings. The highest BCUT2D eigenvalue weighted by atomic mass is 79.9. The van der Waals surface area contributed by atoms with E-state index in [0.29, 0.717) is 10.9 Å². The summed E-state index contributed by atoms with van der Waals surface area (Å²) < 4.78 is 2.66. The quantitative estimate of drug-likeness (QED) is 0.244. The molecule has 33 heavy (non-hydrogen) atoms. The summed E-state index contributed by atoms with van der Waals surface area (Å²) in [4.78, 5) is 4.79. The number of anilines is 1. The van der Waals surface area contributed by atoms with E-state index in [4.69, 9.17) is 16.6 Å². The normalized spacial score (nSPS) is 11.2. The first-order valence-electron chi connectivity index (χ1n) is 10.8. The Bertz CT molecular complexity index is 1330. The van der Waals surface area contributed by atoms with Crippen LogP contribution in [0, 0.1) is 0 Å². The van der Waals surface area contributed by atoms with Crippen molar-refractivity contribution in [2.75, 3.05) is 11.9 Å². The molecule has 0 fully saturated rings. The van der Waals surface area contributed by atoms with Crippen LogP contribution in [0.5, 0.6) is 0 Å². The molecule has 0 radical (unpaired) electrons. The molecule has 4 nitrogen and oxygen atoms in total. The van der Waals surface area contributed by atoms with Crippen molar-refractivity contribution in [3.05, 3.63) is 118 Å². The maximum Gasteiger partial charge on any atom is 0.172 e. The average molecular weight is 518 g/mol. The van der Waals surface area contributed by atoms with Crippen molar-refractivity contribution in [2.45, 2.75) is 12.3 Å². The molecular weight excluding hydrogens is 496 g/mol. The van der Waals surface area contributed by atoms with Gasteiger partial charge in [-0.25, -0.2) is 4.98 Å². The first-order valence-corrected chi connectivity index (χ1v) is 12.0. The number of halogens is 2. The smallest absolute Gasteiger partial charge is 0.172 e. The van der Waals surface area contributed by atoms with E-state index in [0.717, 1.165) is 40.2 Å². The second-order valence-corrected chi connectivity index (χ2v) is 9.09. The van der Waals surface area contributed by atoms with Gasteiger partial charge in [0.2, 0.25) is 0 Å². The molecular formula is C27H22BrClN4. The van der Waals surface area contributed by atoms with Gasteiger partial charge >= 0.3 is 0 Å². The minimum atomic E-state index is 0.296. The van der Waals surface area contributed by atoms with Crippen LogP contribution >= 0.6 is 27.5 Å². The standard InChI is InChI=1S/C27H22BrClN4/c28-23-18-31-33-26(17-25(32-27(23)33)22-13-7-8-14-24(22)29)30-16-15-21(19-9-3-1-4-10-19)20-11-5-2-6-12-20/h1-14,17-18,21,30H,15-16H2. The monoisotopic (exact) mass is 516 g/mol. The summed E-state index contributed by atoms with van der Waals surface area (Å²) in [6.45, 7) is 0.771. The summed E-state index contributed by atoms with van der Waals surface area (Å²) in [5.41, 5.74) is 5.06. The number of rotatable bonds is 7. The van der Waals surface area contributed by atoms with Crippen LogP contribution in [0.2, 0.25) is 5.02 Å². The van der Waals surface area contributed by atoms with Gasteiger partial charge in [0.25, 0.3) is 0 Å². The minimum Gasteiger partial charge on any atom is -0.370 e. The molecule has 5 rings (SSSR count). The first-order chi connectivity index (χ1) is 16.2. The molecule has 0 saturated heterocycles. The van der Waals surface area contributed by atoms with Crippen molar-refractivity contribution in [1.29, 1.82) is 0 Å². The minimum absolute atomic E-state index is 0.296. The highest BCUT2D eigenvalue weighted by Crippen LogP contribution is 2.31. The van der Waals surface area contributed by atoms with Gasteiger partial charge in [-0.3, -0.25) is 0 Å². The van der Waals surface area contributed by atoms with E-state index in [9.17, 15) is 0 Å². The lowest BCUT2D eigenvalue weighted by atomic mass is 9.88. The Balaban J connectivity index is 1.45. The SMILES string of the molecule is Clc1ccccc1-c1cc(NCCC(c2ccccc2)c2ccccc2)n2ncc(Br)c2n1. The van der Waals surface area contributed by atoms with Gasteiger partial charge in [-0.05, 0) is 39.5 Å². The largest absolute Gasteiger partial charge is 0.370 e. The van der Waals surface area contributed by atoms with Gasteiger partial charge in [0, 0.05) is 29.1 Å². The summed E-state index contributed by atoms with van der Waals surface area (Å²) in [6, 6.07) is 31.1. The molecule has 2 heterocycles. The van der Waals surface area contributed by atoms with E-state index in [2.05, 4.69) is 87.0 Å². The number of aromatic nitrogens is 3. The molecule has 164 valence electrons. The molecule has 0 aliphatic rings. The predicted molar refractivity (Wildman–Crippen MR) is 139 cm³/mol. The Morgan fingerprint density at radius 1 is 0.879 bits per heavy atom. The third-order valence-corrected chi connectivity index (χ3v) is 6.61. The Morgan fingerprint density at radius 2 is 1.52 bits per heavy atom. The van der Waals surface area contributed by atoms with Gasteiger partial charge in [-0.1, -0.05) is 90.5 Å². The summed E-state index contributed by atoms with van der Waals surface area (Å²) in [7, 11) is 0. The summed E-state index contributed by atoms with van der Waals surface area (Å²) in [5.74, 6) is 1.17. The number of nitrogens with zero attached hydrogens (tertiary/aromatic N) is 3. The van der Waals surface area contributed by atoms with E-state index in [1.807, 2.05) is 34.8 Å². The molecule has 0 bridgehead atoms. The third-order valence-electron chi connectivity index (χ3n) is 5.72. The number of benzene rings is 3. The first kappa shape index (κ1) is 21.7. The Kier molecular flexibility index (Phi) is 6.42. The zero-order valence-corrected chi connectivity index (χ0v) is 20.2. The maximum atomic E-state index is 6.46. The molecule has 0 saturated carbocycles. The molecule has 0 aliphatic carbocycles. The van der Waals surface area contributed by atoms with Crippen LogP contribution in [0.25, 0.3) is 16.9 Å². The van der Waals surface area contributed by atoms with E-state index in [1.54, 1.807) is 6.20 Å². The van der Waals surface area contributed by atoms with Gasteiger partial charge < -0.3 is 5.32 Å². The van der Waals surface area contributed by atoms with Crippen LogP contribution in [-0.2, 0) is 0 Å². The lowest BCUT2D eigenvalue weighted by molar-refractivity contribution is 0.739. The number of nitrogens with one attached hydrogen (secondary N) is 1. The van der Waals surface area contributed by atoms with Crippen molar-refractivity contribution in [1.82, 2.24) is 14.6 Å². The molecule has 0 amide bonds. The van der Waals surface area contributed by atoms with Crippen LogP contribution < -0.4 is 5.32 Å². The lowest BCUT2D eigenvalue weighted by Gasteiger charge is -2.19. The van der Waals surface area contributed by atoms with Crippen molar-refractivity contribution in [3.8, 4) is 11.3 Å². The van der Waals surface area contributed by atoms with E-state index >= 15 is 0 Å². The van der Waals surface area contributed by atoms with Crippen LogP contribution in [0.4, 0.5) is 5.82 Å². The van der Waals surface area contributed by atoms with Crippen LogP contribution in [-0.4, -0.2) is 21.1 Å². The Morgan fingerprint density at radius 3 is 2.18 bits per heavy atom. The summed E-state index contributed by atoms with van der Waals surface area (Å²) in [6.07, 6.45) is 2.70. The lowest BCUT2D eigenvalue weighted by Crippen LogP contribution is -2.12. The number of fused-ring (bicyclic) bond motifs is 1. The van der Waals surface area contributed by atoms with Crippen molar-refractivity contribution >= 4 is 39.0 Å². The molecule has 0 aliphatic heterocycles. The molecule has 0 spiro atoms. The molecule has 3 aromatic carbocycles. The maximum absolute atomic E-state index is 6.46. The van der Waals surface area contributed by atoms with Crippen molar-refractivity contribution in [2.24, 2.45) is 0 Å². The highest BCUT2D eigenvalue weighted by Gasteiger charge is 2.16. The Labute approximate surface area is 206 Å². The number of hydrogen-bond acceptors (Lipinski definition) is 3. The molecule has 2 aromatic heterocycles. The van der Waals surface area contributed by atoms with Gasteiger partial charge in [0.05, 0.1) is 16.4 Å². The predicted octanol–water partition coefficient (Wildman–Crippen LogP) is 7.45. The van der Waals surface area contributed by atoms with E-state index in [-0.39, 0.29) is 0 Å². The topological polar surface area (TPSA) is 42.2 Å². The molecule has 0 atom stereocenters. The van der Waals surface area contributed by atoms with Crippen LogP contribution in [0.15, 0.2) is 102 Å². The highest BCUT2D eigenvalue weighted by molar-refractivity contribution is 9.10. The summed E-state index contributed by atoms with van der Waals surface area (Å²) >= 11 is 10.0. The average Bonchev–Trinajstić information content (AvgIpc) is 3.24. The van der Waals surface area contributed by atoms with Crippen LogP contribution in [0.1, 0.15) is 23.5 Å². The van der Waals surface area contributed by atoms with Gasteiger partial charge in [-0.15, -0.1) is 0 Å². The van der Waals surface area contributed by atoms with E-state index < -0.39 is 0 Å². The zero-order valence-electron chi connectivity index (χ0n) is 17.8. The van der Waals surface area contributed by atoms with Crippen molar-refractivity contribution in [3.63, 3.8) is 0 Å². The fourth-order valence-corrected chi connectivity index (χ4v) is 4.69. The van der Waals surface area contributed by atoms with Gasteiger partial charge in [0.1, 0.15) is 5.82 Å². The summed E-state index contributed by atoms with van der Waals surface area (Å²) in [5, 5.41) is 8.77. The van der Waals surface area contributed by atoms with Gasteiger partial charge in [-0.2, -0.15) is 9.61 Å². The van der Waals surface area contributed by atoms with Crippen LogP contribution in [0.3, 0.4) is 0 Å². The van der Waals surface area contributed by atoms with Gasteiger partial charge in [0.15, 0.2) is 5.65 Å². The Hall–Kier alpha value is -3.15. The zero-order chi connectivity index (χ0) is 22.6. The van der Waals surface area contributed by atoms with E-state index in [1.165, 1.54) is 11.1 Å². The molecule has 0 unspecified atom stereocenters.